The number of nitrogens with zero attached hydrogens (tertiary/aromatic N) is 2. The molecule has 0 aromatic rings. The van der Waals surface area contributed by atoms with Crippen molar-refractivity contribution >= 4 is 5.91 Å². The molecule has 0 aromatic heterocycles. The average Bonchev–Trinajstić information content (AvgIpc) is 2.37. The van der Waals surface area contributed by atoms with E-state index in [0.717, 1.165) is 19.9 Å². The number of halogens is 2. The van der Waals surface area contributed by atoms with Crippen LogP contribution in [0.25, 0.3) is 0 Å². The molecule has 2 aliphatic heterocycles. The molecule has 2 rings (SSSR count). The van der Waals surface area contributed by atoms with E-state index >= 15 is 0 Å². The van der Waals surface area contributed by atoms with Crippen LogP contribution in [0.2, 0.25) is 0 Å². The number of amides is 1. The second kappa shape index (κ2) is 3.95. The van der Waals surface area contributed by atoms with E-state index in [0.29, 0.717) is 25.0 Å². The van der Waals surface area contributed by atoms with Crippen LogP contribution in [0.4, 0.5) is 8.78 Å². The molecule has 0 radical (unpaired) electrons. The molecule has 3 nitrogen and oxygen atoms in total. The third-order valence-corrected chi connectivity index (χ3v) is 3.50. The third-order valence-electron chi connectivity index (χ3n) is 3.50. The number of rotatable bonds is 2. The molecule has 2 saturated heterocycles. The zero-order valence-corrected chi connectivity index (χ0v) is 9.75. The maximum Gasteiger partial charge on any atom is 0.254 e. The lowest BCUT2D eigenvalue weighted by Gasteiger charge is -2.32. The van der Waals surface area contributed by atoms with Gasteiger partial charge in [0.25, 0.3) is 5.92 Å². The average molecular weight is 232 g/mol. The summed E-state index contributed by atoms with van der Waals surface area (Å²) in [6.07, 6.45) is 0.443. The molecular weight excluding hydrogens is 214 g/mol. The second-order valence-corrected chi connectivity index (χ2v) is 5.24. The summed E-state index contributed by atoms with van der Waals surface area (Å²) in [6.45, 7) is 3.05. The summed E-state index contributed by atoms with van der Waals surface area (Å²) in [4.78, 5) is 15.5. The number of hydrogen-bond acceptors (Lipinski definition) is 2. The fraction of sp³-hybridized carbons (Fsp3) is 0.909. The number of alkyl halides is 2. The van der Waals surface area contributed by atoms with E-state index < -0.39 is 18.3 Å². The highest BCUT2D eigenvalue weighted by Gasteiger charge is 2.39. The Hall–Kier alpha value is -0.710. The number of likely N-dealkylation sites (tertiary alicyclic amines) is 2. The van der Waals surface area contributed by atoms with Crippen LogP contribution in [0.3, 0.4) is 0 Å². The minimum atomic E-state index is -2.89. The molecule has 1 amide bonds. The molecule has 2 unspecified atom stereocenters. The minimum absolute atomic E-state index is 0.369. The topological polar surface area (TPSA) is 23.6 Å². The highest BCUT2D eigenvalue weighted by molar-refractivity contribution is 5.77. The standard InChI is InChI=1S/C11H18F2N2O/c1-11(12,13)4-10(16)15-6-8-3-9(7-15)14(2)5-8/h8-9H,3-7H2,1-2H3. The summed E-state index contributed by atoms with van der Waals surface area (Å²) in [5.41, 5.74) is 0. The Kier molecular flexibility index (Phi) is 2.90. The SMILES string of the molecule is CN1CC2CC1CN(C(=O)CC(C)(F)F)C2. The number of carbonyl (C=O) groups is 1. The van der Waals surface area contributed by atoms with Crippen LogP contribution < -0.4 is 0 Å². The van der Waals surface area contributed by atoms with Gasteiger partial charge >= 0.3 is 0 Å². The van der Waals surface area contributed by atoms with Crippen LogP contribution >= 0.6 is 0 Å². The van der Waals surface area contributed by atoms with E-state index in [1.807, 2.05) is 7.05 Å². The first-order valence-electron chi connectivity index (χ1n) is 5.71. The van der Waals surface area contributed by atoms with Crippen molar-refractivity contribution in [2.75, 3.05) is 26.7 Å². The number of carbonyl (C=O) groups excluding carboxylic acids is 1. The molecular formula is C11H18F2N2O. The van der Waals surface area contributed by atoms with Crippen molar-refractivity contribution in [1.29, 1.82) is 0 Å². The Morgan fingerprint density at radius 3 is 2.62 bits per heavy atom. The molecule has 0 saturated carbocycles. The number of piperidine rings is 1. The lowest BCUT2D eigenvalue weighted by molar-refractivity contribution is -0.139. The summed E-state index contributed by atoms with van der Waals surface area (Å²) in [5.74, 6) is -2.82. The van der Waals surface area contributed by atoms with Crippen LogP contribution in [0, 0.1) is 5.92 Å². The lowest BCUT2D eigenvalue weighted by Crippen LogP contribution is -2.45. The summed E-state index contributed by atoms with van der Waals surface area (Å²) in [6, 6.07) is 0.369. The molecule has 92 valence electrons. The lowest BCUT2D eigenvalue weighted by atomic mass is 9.99. The van der Waals surface area contributed by atoms with Crippen molar-refractivity contribution in [3.05, 3.63) is 0 Å². The van der Waals surface area contributed by atoms with E-state index in [2.05, 4.69) is 4.90 Å². The van der Waals surface area contributed by atoms with Gasteiger partial charge in [-0.05, 0) is 26.3 Å². The van der Waals surface area contributed by atoms with Crippen molar-refractivity contribution < 1.29 is 13.6 Å². The van der Waals surface area contributed by atoms with Gasteiger partial charge in [0.2, 0.25) is 5.91 Å². The molecule has 2 atom stereocenters. The first kappa shape index (κ1) is 11.8. The molecule has 2 aliphatic rings. The highest BCUT2D eigenvalue weighted by Crippen LogP contribution is 2.29. The summed E-state index contributed by atoms with van der Waals surface area (Å²) in [5, 5.41) is 0. The maximum atomic E-state index is 12.8. The second-order valence-electron chi connectivity index (χ2n) is 5.24. The zero-order valence-electron chi connectivity index (χ0n) is 9.75. The third kappa shape index (κ3) is 2.51. The largest absolute Gasteiger partial charge is 0.341 e. The van der Waals surface area contributed by atoms with Crippen LogP contribution in [-0.2, 0) is 4.79 Å². The van der Waals surface area contributed by atoms with Crippen LogP contribution in [0.5, 0.6) is 0 Å². The summed E-state index contributed by atoms with van der Waals surface area (Å²) in [7, 11) is 2.03. The van der Waals surface area contributed by atoms with E-state index in [4.69, 9.17) is 0 Å². The Morgan fingerprint density at radius 1 is 1.38 bits per heavy atom. The molecule has 16 heavy (non-hydrogen) atoms. The van der Waals surface area contributed by atoms with Gasteiger partial charge in [-0.2, -0.15) is 0 Å². The van der Waals surface area contributed by atoms with Gasteiger partial charge in [0, 0.05) is 25.7 Å². The predicted molar refractivity (Wildman–Crippen MR) is 56.3 cm³/mol. The van der Waals surface area contributed by atoms with E-state index in [1.165, 1.54) is 0 Å². The smallest absolute Gasteiger partial charge is 0.254 e. The van der Waals surface area contributed by atoms with Crippen molar-refractivity contribution in [3.8, 4) is 0 Å². The molecule has 0 N–H and O–H groups in total. The van der Waals surface area contributed by atoms with Gasteiger partial charge in [0.1, 0.15) is 0 Å². The van der Waals surface area contributed by atoms with Crippen LogP contribution in [0.1, 0.15) is 19.8 Å². The van der Waals surface area contributed by atoms with E-state index in [9.17, 15) is 13.6 Å². The van der Waals surface area contributed by atoms with Gasteiger partial charge < -0.3 is 9.80 Å². The number of fused-ring (bicyclic) bond motifs is 2. The van der Waals surface area contributed by atoms with Gasteiger partial charge in [-0.3, -0.25) is 4.79 Å². The van der Waals surface area contributed by atoms with Gasteiger partial charge in [-0.15, -0.1) is 0 Å². The predicted octanol–water partition coefficient (Wildman–Crippen LogP) is 1.19. The Morgan fingerprint density at radius 2 is 2.06 bits per heavy atom. The van der Waals surface area contributed by atoms with E-state index in [-0.39, 0.29) is 0 Å². The van der Waals surface area contributed by atoms with Gasteiger partial charge in [-0.1, -0.05) is 0 Å². The van der Waals surface area contributed by atoms with Gasteiger partial charge in [-0.25, -0.2) is 8.78 Å². The minimum Gasteiger partial charge on any atom is -0.341 e. The zero-order chi connectivity index (χ0) is 11.9. The fourth-order valence-corrected chi connectivity index (χ4v) is 2.76. The van der Waals surface area contributed by atoms with Crippen LogP contribution in [-0.4, -0.2) is 54.4 Å². The first-order chi connectivity index (χ1) is 7.35. The Balaban J connectivity index is 1.94. The van der Waals surface area contributed by atoms with Crippen molar-refractivity contribution in [1.82, 2.24) is 9.80 Å². The van der Waals surface area contributed by atoms with Crippen molar-refractivity contribution in [2.45, 2.75) is 31.7 Å². The monoisotopic (exact) mass is 232 g/mol. The maximum absolute atomic E-state index is 12.8. The Bertz CT molecular complexity index is 288. The molecule has 2 fully saturated rings. The number of likely N-dealkylation sites (N-methyl/N-ethyl adjacent to an activating group) is 1. The normalized spacial score (nSPS) is 30.9. The van der Waals surface area contributed by atoms with Crippen molar-refractivity contribution in [2.24, 2.45) is 5.92 Å². The molecule has 2 heterocycles. The molecule has 0 aliphatic carbocycles. The summed E-state index contributed by atoms with van der Waals surface area (Å²) >= 11 is 0. The van der Waals surface area contributed by atoms with Crippen LogP contribution in [0.15, 0.2) is 0 Å². The van der Waals surface area contributed by atoms with Gasteiger partial charge in [0.15, 0.2) is 0 Å². The molecule has 0 aromatic carbocycles. The molecule has 0 spiro atoms. The fourth-order valence-electron chi connectivity index (χ4n) is 2.76. The Labute approximate surface area is 94.4 Å². The van der Waals surface area contributed by atoms with Gasteiger partial charge in [0.05, 0.1) is 6.42 Å². The first-order valence-corrected chi connectivity index (χ1v) is 5.71. The molecule has 5 heteroatoms. The summed E-state index contributed by atoms with van der Waals surface area (Å²) < 4.78 is 25.5. The quantitative estimate of drug-likeness (QED) is 0.714. The number of hydrogen-bond donors (Lipinski definition) is 0. The van der Waals surface area contributed by atoms with Crippen molar-refractivity contribution in [3.63, 3.8) is 0 Å². The highest BCUT2D eigenvalue weighted by atomic mass is 19.3. The molecule has 2 bridgehead atoms. The van der Waals surface area contributed by atoms with E-state index in [1.54, 1.807) is 4.90 Å².